The summed E-state index contributed by atoms with van der Waals surface area (Å²) in [5.74, 6) is -0.209. The largest absolute Gasteiger partial charge is 0.466 e. The van der Waals surface area contributed by atoms with Crippen LogP contribution in [-0.2, 0) is 16.6 Å². The second-order valence-corrected chi connectivity index (χ2v) is 6.08. The molecule has 1 amide bonds. The molecule has 1 aliphatic heterocycles. The van der Waals surface area contributed by atoms with E-state index in [9.17, 15) is 9.59 Å². The summed E-state index contributed by atoms with van der Waals surface area (Å²) < 4.78 is 6.83. The normalized spacial score (nSPS) is 18.6. The van der Waals surface area contributed by atoms with E-state index in [1.165, 1.54) is 0 Å². The van der Waals surface area contributed by atoms with Gasteiger partial charge in [0.15, 0.2) is 5.69 Å². The van der Waals surface area contributed by atoms with E-state index in [0.29, 0.717) is 31.3 Å². The third-order valence-electron chi connectivity index (χ3n) is 4.06. The summed E-state index contributed by atoms with van der Waals surface area (Å²) in [6.45, 7) is 7.41. The summed E-state index contributed by atoms with van der Waals surface area (Å²) >= 11 is 0. The number of hydrogen-bond donors (Lipinski definition) is 0. The third-order valence-corrected chi connectivity index (χ3v) is 4.06. The van der Waals surface area contributed by atoms with Crippen molar-refractivity contribution in [3.8, 4) is 0 Å². The van der Waals surface area contributed by atoms with Crippen molar-refractivity contribution in [2.24, 2.45) is 13.0 Å². The number of piperidine rings is 1. The monoisotopic (exact) mass is 307 g/mol. The number of esters is 1. The molecule has 1 saturated heterocycles. The van der Waals surface area contributed by atoms with Gasteiger partial charge in [-0.25, -0.2) is 0 Å². The van der Waals surface area contributed by atoms with Gasteiger partial charge in [0, 0.05) is 25.8 Å². The highest BCUT2D eigenvalue weighted by Gasteiger charge is 2.31. The van der Waals surface area contributed by atoms with Crippen molar-refractivity contribution in [1.82, 2.24) is 14.7 Å². The Morgan fingerprint density at radius 2 is 2.18 bits per heavy atom. The number of carbonyl (C=O) groups is 2. The van der Waals surface area contributed by atoms with Crippen LogP contribution < -0.4 is 0 Å². The van der Waals surface area contributed by atoms with Crippen molar-refractivity contribution in [2.45, 2.75) is 39.5 Å². The second-order valence-electron chi connectivity index (χ2n) is 6.08. The van der Waals surface area contributed by atoms with Crippen LogP contribution in [0.25, 0.3) is 0 Å². The summed E-state index contributed by atoms with van der Waals surface area (Å²) in [5, 5.41) is 4.32. The molecule has 6 nitrogen and oxygen atoms in total. The lowest BCUT2D eigenvalue weighted by atomic mass is 9.98. The van der Waals surface area contributed by atoms with Crippen molar-refractivity contribution in [3.63, 3.8) is 0 Å². The predicted octanol–water partition coefficient (Wildman–Crippen LogP) is 1.96. The van der Waals surface area contributed by atoms with Crippen LogP contribution in [0.2, 0.25) is 0 Å². The fourth-order valence-corrected chi connectivity index (χ4v) is 2.90. The maximum atomic E-state index is 12.6. The molecule has 122 valence electrons. The van der Waals surface area contributed by atoms with Crippen molar-refractivity contribution in [3.05, 3.63) is 17.5 Å². The minimum atomic E-state index is -0.217. The predicted molar refractivity (Wildman–Crippen MR) is 82.6 cm³/mol. The number of rotatable bonds is 4. The molecule has 1 unspecified atom stereocenters. The zero-order valence-electron chi connectivity index (χ0n) is 13.8. The summed E-state index contributed by atoms with van der Waals surface area (Å²) in [6, 6.07) is 1.85. The summed E-state index contributed by atoms with van der Waals surface area (Å²) in [6.07, 6.45) is 1.60. The number of likely N-dealkylation sites (tertiary alicyclic amines) is 1. The quantitative estimate of drug-likeness (QED) is 0.798. The van der Waals surface area contributed by atoms with Gasteiger partial charge in [0.1, 0.15) is 0 Å². The molecule has 2 heterocycles. The Morgan fingerprint density at radius 1 is 1.45 bits per heavy atom. The molecular formula is C16H25N3O3. The van der Waals surface area contributed by atoms with E-state index in [1.54, 1.807) is 16.5 Å². The van der Waals surface area contributed by atoms with Crippen LogP contribution in [0, 0.1) is 5.92 Å². The first-order valence-corrected chi connectivity index (χ1v) is 7.93. The molecule has 0 saturated carbocycles. The van der Waals surface area contributed by atoms with Gasteiger partial charge >= 0.3 is 5.97 Å². The summed E-state index contributed by atoms with van der Waals surface area (Å²) in [4.78, 5) is 26.2. The molecule has 0 spiro atoms. The Hall–Kier alpha value is -1.85. The van der Waals surface area contributed by atoms with E-state index in [0.717, 1.165) is 18.5 Å². The number of aromatic nitrogens is 2. The molecular weight excluding hydrogens is 282 g/mol. The minimum Gasteiger partial charge on any atom is -0.466 e. The topological polar surface area (TPSA) is 64.4 Å². The number of nitrogens with zero attached hydrogens (tertiary/aromatic N) is 3. The molecule has 1 fully saturated rings. The van der Waals surface area contributed by atoms with Gasteiger partial charge < -0.3 is 9.64 Å². The molecule has 1 aromatic heterocycles. The number of carbonyl (C=O) groups excluding carboxylic acids is 2. The Bertz CT molecular complexity index is 551. The van der Waals surface area contributed by atoms with Gasteiger partial charge in [0.25, 0.3) is 5.91 Å². The molecule has 1 aromatic rings. The molecule has 0 aliphatic carbocycles. The Labute approximate surface area is 131 Å². The van der Waals surface area contributed by atoms with Gasteiger partial charge in [-0.1, -0.05) is 13.8 Å². The van der Waals surface area contributed by atoms with Crippen molar-refractivity contribution in [1.29, 1.82) is 0 Å². The van der Waals surface area contributed by atoms with Crippen LogP contribution >= 0.6 is 0 Å². The number of aryl methyl sites for hydroxylation is 1. The molecule has 22 heavy (non-hydrogen) atoms. The lowest BCUT2D eigenvalue weighted by molar-refractivity contribution is -0.149. The zero-order valence-corrected chi connectivity index (χ0v) is 13.8. The SMILES string of the molecule is CCOC(=O)C1CCCN(C(=O)c2cc(C(C)C)n(C)n2)C1. The first-order chi connectivity index (χ1) is 10.4. The first kappa shape index (κ1) is 16.5. The molecule has 1 aliphatic rings. The van der Waals surface area contributed by atoms with Crippen LogP contribution in [0.4, 0.5) is 0 Å². The average Bonchev–Trinajstić information content (AvgIpc) is 2.89. The summed E-state index contributed by atoms with van der Waals surface area (Å²) in [5.41, 5.74) is 1.48. The van der Waals surface area contributed by atoms with Crippen molar-refractivity contribution < 1.29 is 14.3 Å². The van der Waals surface area contributed by atoms with Crippen LogP contribution in [0.5, 0.6) is 0 Å². The Morgan fingerprint density at radius 3 is 2.77 bits per heavy atom. The molecule has 2 rings (SSSR count). The number of ether oxygens (including phenoxy) is 1. The zero-order chi connectivity index (χ0) is 16.3. The van der Waals surface area contributed by atoms with Crippen molar-refractivity contribution >= 4 is 11.9 Å². The first-order valence-electron chi connectivity index (χ1n) is 7.93. The van der Waals surface area contributed by atoms with Gasteiger partial charge in [-0.2, -0.15) is 5.10 Å². The molecule has 0 radical (unpaired) electrons. The molecule has 6 heteroatoms. The lowest BCUT2D eigenvalue weighted by Gasteiger charge is -2.31. The van der Waals surface area contributed by atoms with E-state index >= 15 is 0 Å². The van der Waals surface area contributed by atoms with E-state index < -0.39 is 0 Å². The number of hydrogen-bond acceptors (Lipinski definition) is 4. The van der Waals surface area contributed by atoms with E-state index in [-0.39, 0.29) is 17.8 Å². The van der Waals surface area contributed by atoms with E-state index in [4.69, 9.17) is 4.74 Å². The molecule has 1 atom stereocenters. The smallest absolute Gasteiger partial charge is 0.310 e. The Balaban J connectivity index is 2.09. The third kappa shape index (κ3) is 3.48. The van der Waals surface area contributed by atoms with Crippen LogP contribution in [-0.4, -0.2) is 46.3 Å². The number of amides is 1. The highest BCUT2D eigenvalue weighted by atomic mass is 16.5. The fourth-order valence-electron chi connectivity index (χ4n) is 2.90. The van der Waals surface area contributed by atoms with Crippen LogP contribution in [0.3, 0.4) is 0 Å². The van der Waals surface area contributed by atoms with Gasteiger partial charge in [0.2, 0.25) is 0 Å². The summed E-state index contributed by atoms with van der Waals surface area (Å²) in [7, 11) is 1.85. The highest BCUT2D eigenvalue weighted by molar-refractivity contribution is 5.93. The molecule has 0 bridgehead atoms. The van der Waals surface area contributed by atoms with Gasteiger partial charge in [-0.05, 0) is 31.7 Å². The fraction of sp³-hybridized carbons (Fsp3) is 0.688. The van der Waals surface area contributed by atoms with Crippen LogP contribution in [0.15, 0.2) is 6.07 Å². The minimum absolute atomic E-state index is 0.100. The van der Waals surface area contributed by atoms with Gasteiger partial charge in [-0.3, -0.25) is 14.3 Å². The molecule has 0 N–H and O–H groups in total. The molecule has 0 aromatic carbocycles. The second kappa shape index (κ2) is 6.94. The van der Waals surface area contributed by atoms with Gasteiger partial charge in [0.05, 0.1) is 12.5 Å². The van der Waals surface area contributed by atoms with Gasteiger partial charge in [-0.15, -0.1) is 0 Å². The standard InChI is InChI=1S/C16H25N3O3/c1-5-22-16(21)12-7-6-8-19(10-12)15(20)13-9-14(11(2)3)18(4)17-13/h9,11-12H,5-8,10H2,1-4H3. The van der Waals surface area contributed by atoms with Crippen LogP contribution in [0.1, 0.15) is 55.7 Å². The average molecular weight is 307 g/mol. The Kier molecular flexibility index (Phi) is 5.21. The van der Waals surface area contributed by atoms with E-state index in [2.05, 4.69) is 18.9 Å². The van der Waals surface area contributed by atoms with E-state index in [1.807, 2.05) is 13.1 Å². The maximum Gasteiger partial charge on any atom is 0.310 e. The maximum absolute atomic E-state index is 12.6. The highest BCUT2D eigenvalue weighted by Crippen LogP contribution is 2.21. The lowest BCUT2D eigenvalue weighted by Crippen LogP contribution is -2.43. The van der Waals surface area contributed by atoms with Crippen molar-refractivity contribution in [2.75, 3.05) is 19.7 Å².